The van der Waals surface area contributed by atoms with Gasteiger partial charge in [0, 0.05) is 35.2 Å². The topological polar surface area (TPSA) is 43.8 Å². The fourth-order valence-corrected chi connectivity index (χ4v) is 2.39. The lowest BCUT2D eigenvalue weighted by Gasteiger charge is -2.05. The largest absolute Gasteiger partial charge is 0.340 e. The molecule has 3 nitrogen and oxygen atoms in total. The van der Waals surface area contributed by atoms with Gasteiger partial charge < -0.3 is 10.3 Å². The van der Waals surface area contributed by atoms with Crippen molar-refractivity contribution in [2.24, 2.45) is 5.73 Å². The molecule has 0 unspecified atom stereocenters. The van der Waals surface area contributed by atoms with E-state index in [0.717, 1.165) is 19.5 Å². The van der Waals surface area contributed by atoms with Gasteiger partial charge in [-0.25, -0.2) is 0 Å². The Balaban J connectivity index is 2.33. The number of benzene rings is 1. The summed E-state index contributed by atoms with van der Waals surface area (Å²) in [5.74, 6) is 0. The van der Waals surface area contributed by atoms with Crippen molar-refractivity contribution in [2.45, 2.75) is 13.0 Å². The summed E-state index contributed by atoms with van der Waals surface area (Å²) in [6.07, 6.45) is 4.78. The van der Waals surface area contributed by atoms with Gasteiger partial charge in [0.25, 0.3) is 0 Å². The third-order valence-electron chi connectivity index (χ3n) is 3.16. The SMILES string of the molecule is NCCCn1c2ccccc2c2cnccc21. The molecule has 86 valence electrons. The molecule has 0 aliphatic heterocycles. The second-order valence-electron chi connectivity index (χ2n) is 4.20. The van der Waals surface area contributed by atoms with Crippen molar-refractivity contribution in [1.29, 1.82) is 0 Å². The summed E-state index contributed by atoms with van der Waals surface area (Å²) >= 11 is 0. The van der Waals surface area contributed by atoms with E-state index in [1.54, 1.807) is 0 Å². The first-order chi connectivity index (χ1) is 8.42. The van der Waals surface area contributed by atoms with Crippen LogP contribution >= 0.6 is 0 Å². The van der Waals surface area contributed by atoms with Crippen LogP contribution in [0.3, 0.4) is 0 Å². The average molecular weight is 225 g/mol. The average Bonchev–Trinajstić information content (AvgIpc) is 2.71. The maximum absolute atomic E-state index is 5.61. The molecule has 2 N–H and O–H groups in total. The van der Waals surface area contributed by atoms with Crippen LogP contribution in [-0.4, -0.2) is 16.1 Å². The summed E-state index contributed by atoms with van der Waals surface area (Å²) in [7, 11) is 0. The number of hydrogen-bond acceptors (Lipinski definition) is 2. The van der Waals surface area contributed by atoms with Gasteiger partial charge in [0.05, 0.1) is 5.52 Å². The van der Waals surface area contributed by atoms with E-state index in [-0.39, 0.29) is 0 Å². The monoisotopic (exact) mass is 225 g/mol. The number of rotatable bonds is 3. The molecule has 0 aliphatic carbocycles. The normalized spacial score (nSPS) is 11.4. The number of para-hydroxylation sites is 1. The van der Waals surface area contributed by atoms with E-state index in [2.05, 4.69) is 39.9 Å². The highest BCUT2D eigenvalue weighted by molar-refractivity contribution is 6.07. The van der Waals surface area contributed by atoms with E-state index in [0.29, 0.717) is 0 Å². The zero-order chi connectivity index (χ0) is 11.7. The van der Waals surface area contributed by atoms with Crippen LogP contribution < -0.4 is 5.73 Å². The molecule has 0 radical (unpaired) electrons. The van der Waals surface area contributed by atoms with E-state index >= 15 is 0 Å². The first-order valence-electron chi connectivity index (χ1n) is 5.93. The number of hydrogen-bond donors (Lipinski definition) is 1. The highest BCUT2D eigenvalue weighted by Gasteiger charge is 2.08. The van der Waals surface area contributed by atoms with Crippen LogP contribution in [-0.2, 0) is 6.54 Å². The molecule has 1 aromatic carbocycles. The smallest absolute Gasteiger partial charge is 0.0522 e. The van der Waals surface area contributed by atoms with E-state index in [4.69, 9.17) is 5.73 Å². The molecule has 0 saturated carbocycles. The Bertz CT molecular complexity index is 601. The fourth-order valence-electron chi connectivity index (χ4n) is 2.39. The van der Waals surface area contributed by atoms with E-state index in [1.807, 2.05) is 12.4 Å². The van der Waals surface area contributed by atoms with E-state index in [1.165, 1.54) is 21.8 Å². The first-order valence-corrected chi connectivity index (χ1v) is 5.93. The van der Waals surface area contributed by atoms with Crippen molar-refractivity contribution in [1.82, 2.24) is 9.55 Å². The highest BCUT2D eigenvalue weighted by atomic mass is 15.0. The zero-order valence-electron chi connectivity index (χ0n) is 9.63. The summed E-state index contributed by atoms with van der Waals surface area (Å²) in [5, 5.41) is 2.49. The third-order valence-corrected chi connectivity index (χ3v) is 3.16. The fraction of sp³-hybridized carbons (Fsp3) is 0.214. The third kappa shape index (κ3) is 1.59. The van der Waals surface area contributed by atoms with Crippen molar-refractivity contribution >= 4 is 21.8 Å². The van der Waals surface area contributed by atoms with Crippen LogP contribution in [0, 0.1) is 0 Å². The molecular formula is C14H15N3. The van der Waals surface area contributed by atoms with Crippen molar-refractivity contribution in [3.8, 4) is 0 Å². The summed E-state index contributed by atoms with van der Waals surface area (Å²) < 4.78 is 2.33. The van der Waals surface area contributed by atoms with Gasteiger partial charge >= 0.3 is 0 Å². The summed E-state index contributed by atoms with van der Waals surface area (Å²) in [4.78, 5) is 4.22. The van der Waals surface area contributed by atoms with Crippen molar-refractivity contribution < 1.29 is 0 Å². The molecule has 0 aliphatic rings. The molecule has 2 aromatic heterocycles. The second-order valence-corrected chi connectivity index (χ2v) is 4.20. The van der Waals surface area contributed by atoms with Crippen molar-refractivity contribution in [3.63, 3.8) is 0 Å². The summed E-state index contributed by atoms with van der Waals surface area (Å²) in [6.45, 7) is 1.68. The molecule has 0 bridgehead atoms. The maximum Gasteiger partial charge on any atom is 0.0522 e. The Labute approximate surface area is 99.9 Å². The minimum absolute atomic E-state index is 0.721. The number of aryl methyl sites for hydroxylation is 1. The second kappa shape index (κ2) is 4.18. The van der Waals surface area contributed by atoms with E-state index in [9.17, 15) is 0 Å². The molecule has 0 saturated heterocycles. The van der Waals surface area contributed by atoms with Crippen LogP contribution in [0.25, 0.3) is 21.8 Å². The number of fused-ring (bicyclic) bond motifs is 3. The van der Waals surface area contributed by atoms with Gasteiger partial charge in [-0.3, -0.25) is 4.98 Å². The predicted octanol–water partition coefficient (Wildman–Crippen LogP) is 2.54. The van der Waals surface area contributed by atoms with E-state index < -0.39 is 0 Å². The Morgan fingerprint density at radius 1 is 1.06 bits per heavy atom. The molecule has 17 heavy (non-hydrogen) atoms. The van der Waals surface area contributed by atoms with Crippen LogP contribution in [0.4, 0.5) is 0 Å². The van der Waals surface area contributed by atoms with Crippen molar-refractivity contribution in [3.05, 3.63) is 42.7 Å². The Kier molecular flexibility index (Phi) is 2.53. The Morgan fingerprint density at radius 3 is 2.76 bits per heavy atom. The molecule has 3 rings (SSSR count). The Morgan fingerprint density at radius 2 is 1.88 bits per heavy atom. The highest BCUT2D eigenvalue weighted by Crippen LogP contribution is 2.27. The van der Waals surface area contributed by atoms with Crippen LogP contribution in [0.1, 0.15) is 6.42 Å². The lowest BCUT2D eigenvalue weighted by Crippen LogP contribution is -2.05. The summed E-state index contributed by atoms with van der Waals surface area (Å²) in [5.41, 5.74) is 8.12. The molecule has 0 fully saturated rings. The standard InChI is InChI=1S/C14H15N3/c15-7-3-9-17-13-5-2-1-4-11(13)12-10-16-8-6-14(12)17/h1-2,4-6,8,10H,3,7,9,15H2. The lowest BCUT2D eigenvalue weighted by molar-refractivity contribution is 0.687. The van der Waals surface area contributed by atoms with Gasteiger partial charge in [0.2, 0.25) is 0 Å². The number of pyridine rings is 1. The predicted molar refractivity (Wildman–Crippen MR) is 70.9 cm³/mol. The Hall–Kier alpha value is -1.87. The zero-order valence-corrected chi connectivity index (χ0v) is 9.63. The van der Waals surface area contributed by atoms with Gasteiger partial charge in [0.15, 0.2) is 0 Å². The molecule has 0 spiro atoms. The van der Waals surface area contributed by atoms with Gasteiger partial charge in [-0.05, 0) is 25.1 Å². The van der Waals surface area contributed by atoms with Gasteiger partial charge in [0.1, 0.15) is 0 Å². The molecule has 3 heteroatoms. The maximum atomic E-state index is 5.61. The number of nitrogens with two attached hydrogens (primary N) is 1. The van der Waals surface area contributed by atoms with Crippen LogP contribution in [0.5, 0.6) is 0 Å². The lowest BCUT2D eigenvalue weighted by atomic mass is 10.2. The molecular weight excluding hydrogens is 210 g/mol. The minimum Gasteiger partial charge on any atom is -0.340 e. The molecule has 2 heterocycles. The quantitative estimate of drug-likeness (QED) is 0.744. The molecule has 0 amide bonds. The molecule has 3 aromatic rings. The van der Waals surface area contributed by atoms with Gasteiger partial charge in [-0.1, -0.05) is 18.2 Å². The minimum atomic E-state index is 0.721. The first kappa shape index (κ1) is 10.3. The number of aromatic nitrogens is 2. The van der Waals surface area contributed by atoms with Crippen molar-refractivity contribution in [2.75, 3.05) is 6.54 Å². The number of nitrogens with zero attached hydrogens (tertiary/aromatic N) is 2. The van der Waals surface area contributed by atoms with Gasteiger partial charge in [-0.2, -0.15) is 0 Å². The van der Waals surface area contributed by atoms with Crippen LogP contribution in [0.15, 0.2) is 42.7 Å². The van der Waals surface area contributed by atoms with Gasteiger partial charge in [-0.15, -0.1) is 0 Å². The summed E-state index contributed by atoms with van der Waals surface area (Å²) in [6, 6.07) is 10.5. The van der Waals surface area contributed by atoms with Crippen LogP contribution in [0.2, 0.25) is 0 Å². The molecule has 0 atom stereocenters.